The van der Waals surface area contributed by atoms with Crippen molar-refractivity contribution in [1.29, 1.82) is 0 Å². The number of carbonyl (C=O) groups is 1. The molecule has 3 nitrogen and oxygen atoms in total. The lowest BCUT2D eigenvalue weighted by Crippen LogP contribution is -2.49. The number of rotatable bonds is 1. The van der Waals surface area contributed by atoms with Gasteiger partial charge in [-0.05, 0) is 58.9 Å². The highest BCUT2D eigenvalue weighted by atomic mass is 16.5. The molecule has 2 aliphatic heterocycles. The molecule has 0 aromatic carbocycles. The van der Waals surface area contributed by atoms with Crippen molar-refractivity contribution in [1.82, 2.24) is 4.90 Å². The van der Waals surface area contributed by atoms with Gasteiger partial charge >= 0.3 is 0 Å². The molecule has 3 aliphatic rings. The highest BCUT2D eigenvalue weighted by Crippen LogP contribution is 2.37. The topological polar surface area (TPSA) is 29.5 Å². The fourth-order valence-corrected chi connectivity index (χ4v) is 2.77. The zero-order valence-electron chi connectivity index (χ0n) is 13.9. The van der Waals surface area contributed by atoms with E-state index in [1.54, 1.807) is 0 Å². The largest absolute Gasteiger partial charge is 0.462 e. The van der Waals surface area contributed by atoms with E-state index < -0.39 is 0 Å². The summed E-state index contributed by atoms with van der Waals surface area (Å²) in [5, 5.41) is 0. The molecule has 0 N–H and O–H groups in total. The second-order valence-corrected chi connectivity index (χ2v) is 6.47. The number of carbonyl (C=O) groups excluding carboxylic acids is 1. The maximum absolute atomic E-state index is 9.60. The lowest BCUT2D eigenvalue weighted by molar-refractivity contribution is -0.138. The van der Waals surface area contributed by atoms with E-state index in [2.05, 4.69) is 23.6 Å². The second kappa shape index (κ2) is 8.57. The monoisotopic (exact) mass is 271 g/mol. The third-order valence-corrected chi connectivity index (χ3v) is 3.87. The van der Waals surface area contributed by atoms with Crippen molar-refractivity contribution in [2.24, 2.45) is 11.8 Å². The van der Waals surface area contributed by atoms with Crippen molar-refractivity contribution in [3.05, 3.63) is 0 Å². The van der Waals surface area contributed by atoms with E-state index >= 15 is 0 Å². The van der Waals surface area contributed by atoms with Crippen molar-refractivity contribution in [3.8, 4) is 0 Å². The van der Waals surface area contributed by atoms with Crippen molar-refractivity contribution in [2.75, 3.05) is 13.6 Å². The molecule has 0 aromatic rings. The maximum Gasteiger partial charge on any atom is 0.293 e. The quantitative estimate of drug-likeness (QED) is 0.681. The summed E-state index contributed by atoms with van der Waals surface area (Å²) in [6, 6.07) is 0.931. The Morgan fingerprint density at radius 1 is 1.21 bits per heavy atom. The van der Waals surface area contributed by atoms with Crippen LogP contribution >= 0.6 is 0 Å². The molecule has 0 amide bonds. The number of hydrogen-bond acceptors (Lipinski definition) is 3. The van der Waals surface area contributed by atoms with E-state index in [9.17, 15) is 4.79 Å². The van der Waals surface area contributed by atoms with E-state index in [1.807, 2.05) is 34.6 Å². The minimum absolute atomic E-state index is 0.318. The molecule has 3 unspecified atom stereocenters. The number of nitrogens with zero attached hydrogens (tertiary/aromatic N) is 1. The summed E-state index contributed by atoms with van der Waals surface area (Å²) in [4.78, 5) is 12.1. The normalized spacial score (nSPS) is 29.5. The summed E-state index contributed by atoms with van der Waals surface area (Å²) in [5.74, 6) is 2.03. The van der Waals surface area contributed by atoms with Crippen LogP contribution in [0.3, 0.4) is 0 Å². The molecule has 2 bridgehead atoms. The van der Waals surface area contributed by atoms with Crippen LogP contribution in [0.15, 0.2) is 0 Å². The van der Waals surface area contributed by atoms with E-state index in [4.69, 9.17) is 0 Å². The summed E-state index contributed by atoms with van der Waals surface area (Å²) in [6.07, 6.45) is 4.42. The van der Waals surface area contributed by atoms with Crippen LogP contribution in [0, 0.1) is 11.8 Å². The predicted octanol–water partition coefficient (Wildman–Crippen LogP) is 3.72. The van der Waals surface area contributed by atoms with E-state index in [0.29, 0.717) is 6.47 Å². The SMILES string of the molecule is CC.CC(C)(C)OC=O.CC1CC2CCC1CN2C. The first-order chi connectivity index (χ1) is 8.83. The number of hydrogen-bond donors (Lipinski definition) is 0. The summed E-state index contributed by atoms with van der Waals surface area (Å²) in [6.45, 7) is 13.7. The summed E-state index contributed by atoms with van der Waals surface area (Å²) in [7, 11) is 2.28. The Morgan fingerprint density at radius 2 is 1.79 bits per heavy atom. The van der Waals surface area contributed by atoms with Crippen LogP contribution < -0.4 is 0 Å². The molecule has 0 spiro atoms. The summed E-state index contributed by atoms with van der Waals surface area (Å²) in [5.41, 5.74) is -0.318. The third kappa shape index (κ3) is 6.95. The van der Waals surface area contributed by atoms with Crippen LogP contribution in [0.25, 0.3) is 0 Å². The molecule has 3 heteroatoms. The average molecular weight is 271 g/mol. The molecule has 0 radical (unpaired) electrons. The zero-order chi connectivity index (χ0) is 15.1. The molecular weight excluding hydrogens is 238 g/mol. The molecule has 3 fully saturated rings. The molecule has 2 heterocycles. The van der Waals surface area contributed by atoms with Crippen molar-refractivity contribution >= 4 is 6.47 Å². The van der Waals surface area contributed by atoms with E-state index in [-0.39, 0.29) is 5.60 Å². The van der Waals surface area contributed by atoms with Crippen LogP contribution in [0.5, 0.6) is 0 Å². The first-order valence-electron chi connectivity index (χ1n) is 7.65. The average Bonchev–Trinajstić information content (AvgIpc) is 2.33. The van der Waals surface area contributed by atoms with Crippen molar-refractivity contribution < 1.29 is 9.53 Å². The number of ether oxygens (including phenoxy) is 1. The Bertz CT molecular complexity index is 232. The van der Waals surface area contributed by atoms with Gasteiger partial charge in [0.2, 0.25) is 0 Å². The molecule has 1 saturated carbocycles. The van der Waals surface area contributed by atoms with Crippen molar-refractivity contribution in [2.45, 2.75) is 72.4 Å². The molecular formula is C16H33NO2. The fourth-order valence-electron chi connectivity index (χ4n) is 2.77. The lowest BCUT2D eigenvalue weighted by Gasteiger charge is -2.47. The van der Waals surface area contributed by atoms with Gasteiger partial charge in [-0.25, -0.2) is 0 Å². The van der Waals surface area contributed by atoms with Gasteiger partial charge in [-0.2, -0.15) is 0 Å². The molecule has 2 saturated heterocycles. The van der Waals surface area contributed by atoms with Gasteiger partial charge in [0, 0.05) is 12.6 Å². The maximum atomic E-state index is 9.60. The minimum atomic E-state index is -0.318. The molecule has 114 valence electrons. The Balaban J connectivity index is 0.000000321. The summed E-state index contributed by atoms with van der Waals surface area (Å²) >= 11 is 0. The van der Waals surface area contributed by atoms with Crippen LogP contribution in [0.4, 0.5) is 0 Å². The highest BCUT2D eigenvalue weighted by Gasteiger charge is 2.35. The smallest absolute Gasteiger partial charge is 0.293 e. The summed E-state index contributed by atoms with van der Waals surface area (Å²) < 4.78 is 4.55. The predicted molar refractivity (Wildman–Crippen MR) is 81.2 cm³/mol. The minimum Gasteiger partial charge on any atom is -0.462 e. The van der Waals surface area contributed by atoms with Gasteiger partial charge in [0.1, 0.15) is 5.60 Å². The van der Waals surface area contributed by atoms with Crippen LogP contribution in [-0.2, 0) is 9.53 Å². The first kappa shape index (κ1) is 18.4. The molecule has 1 aliphatic carbocycles. The molecule has 3 rings (SSSR count). The van der Waals surface area contributed by atoms with Gasteiger partial charge < -0.3 is 9.64 Å². The van der Waals surface area contributed by atoms with Crippen LogP contribution in [0.2, 0.25) is 0 Å². The fraction of sp³-hybridized carbons (Fsp3) is 0.938. The van der Waals surface area contributed by atoms with Gasteiger partial charge in [0.25, 0.3) is 6.47 Å². The van der Waals surface area contributed by atoms with Crippen molar-refractivity contribution in [3.63, 3.8) is 0 Å². The Kier molecular flexibility index (Phi) is 8.31. The van der Waals surface area contributed by atoms with Gasteiger partial charge in [-0.1, -0.05) is 20.8 Å². The van der Waals surface area contributed by atoms with Gasteiger partial charge in [-0.15, -0.1) is 0 Å². The Hall–Kier alpha value is -0.570. The first-order valence-corrected chi connectivity index (χ1v) is 7.65. The van der Waals surface area contributed by atoms with Crippen LogP contribution in [-0.4, -0.2) is 36.6 Å². The molecule has 0 aromatic heterocycles. The van der Waals surface area contributed by atoms with Gasteiger partial charge in [0.15, 0.2) is 0 Å². The second-order valence-electron chi connectivity index (χ2n) is 6.47. The molecule has 19 heavy (non-hydrogen) atoms. The van der Waals surface area contributed by atoms with Gasteiger partial charge in [-0.3, -0.25) is 4.79 Å². The van der Waals surface area contributed by atoms with Crippen LogP contribution in [0.1, 0.15) is 60.8 Å². The standard InChI is InChI=1S/C9H17N.C5H10O2.C2H6/c1-7-5-9-4-3-8(7)6-10(9)2;1-5(2,3)7-4-6;1-2/h7-9H,3-6H2,1-2H3;4H,1-3H3;1-2H3. The molecule has 3 atom stereocenters. The zero-order valence-corrected chi connectivity index (χ0v) is 13.9. The van der Waals surface area contributed by atoms with E-state index in [0.717, 1.165) is 17.9 Å². The lowest BCUT2D eigenvalue weighted by atomic mass is 9.73. The van der Waals surface area contributed by atoms with Gasteiger partial charge in [0.05, 0.1) is 0 Å². The number of piperidine rings is 2. The highest BCUT2D eigenvalue weighted by molar-refractivity contribution is 5.37. The Labute approximate surface area is 119 Å². The Morgan fingerprint density at radius 3 is 1.95 bits per heavy atom. The third-order valence-electron chi connectivity index (χ3n) is 3.87. The van der Waals surface area contributed by atoms with E-state index in [1.165, 1.54) is 25.8 Å². The number of fused-ring (bicyclic) bond motifs is 3.